The van der Waals surface area contributed by atoms with E-state index in [1.165, 1.54) is 36.4 Å². The Morgan fingerprint density at radius 2 is 1.75 bits per heavy atom. The van der Waals surface area contributed by atoms with Crippen molar-refractivity contribution in [3.63, 3.8) is 0 Å². The molecule has 0 atom stereocenters. The molecule has 7 heteroatoms. The Morgan fingerprint density at radius 3 is 2.30 bits per heavy atom. The Hall–Kier alpha value is -2.57. The molecule has 0 amide bonds. The summed E-state index contributed by atoms with van der Waals surface area (Å²) in [6.45, 7) is 0. The molecule has 0 unspecified atom stereocenters. The zero-order chi connectivity index (χ0) is 14.8. The standard InChI is InChI=1S/C13H8F3NO3/c14-13(15,16)10-2-1-3-11(17-10)20-9-6-4-8(5-7-9)12(18)19/h1-7H,(H,18,19). The lowest BCUT2D eigenvalue weighted by atomic mass is 10.2. The third-order valence-corrected chi connectivity index (χ3v) is 2.34. The third kappa shape index (κ3) is 3.25. The number of aromatic carboxylic acids is 1. The Bertz CT molecular complexity index is 624. The van der Waals surface area contributed by atoms with E-state index < -0.39 is 17.8 Å². The molecule has 0 aliphatic carbocycles. The van der Waals surface area contributed by atoms with Crippen LogP contribution in [0.1, 0.15) is 16.1 Å². The monoisotopic (exact) mass is 283 g/mol. The highest BCUT2D eigenvalue weighted by molar-refractivity contribution is 5.87. The Labute approximate surface area is 111 Å². The number of alkyl halides is 3. The molecule has 1 N–H and O–H groups in total. The lowest BCUT2D eigenvalue weighted by molar-refractivity contribution is -0.141. The quantitative estimate of drug-likeness (QED) is 0.935. The van der Waals surface area contributed by atoms with E-state index in [-0.39, 0.29) is 17.2 Å². The van der Waals surface area contributed by atoms with Gasteiger partial charge in [-0.15, -0.1) is 0 Å². The highest BCUT2D eigenvalue weighted by Gasteiger charge is 2.32. The van der Waals surface area contributed by atoms with Crippen LogP contribution in [0.3, 0.4) is 0 Å². The van der Waals surface area contributed by atoms with Crippen LogP contribution in [0, 0.1) is 0 Å². The SMILES string of the molecule is O=C(O)c1ccc(Oc2cccc(C(F)(F)F)n2)cc1. The summed E-state index contributed by atoms with van der Waals surface area (Å²) < 4.78 is 42.5. The number of carbonyl (C=O) groups is 1. The van der Waals surface area contributed by atoms with Gasteiger partial charge in [0.2, 0.25) is 5.88 Å². The molecule has 4 nitrogen and oxygen atoms in total. The van der Waals surface area contributed by atoms with Gasteiger partial charge in [-0.25, -0.2) is 9.78 Å². The van der Waals surface area contributed by atoms with Crippen molar-refractivity contribution < 1.29 is 27.8 Å². The van der Waals surface area contributed by atoms with Crippen LogP contribution in [-0.2, 0) is 6.18 Å². The number of ether oxygens (including phenoxy) is 1. The van der Waals surface area contributed by atoms with E-state index in [9.17, 15) is 18.0 Å². The molecule has 0 saturated carbocycles. The second-order valence-electron chi connectivity index (χ2n) is 3.79. The van der Waals surface area contributed by atoms with Crippen LogP contribution >= 0.6 is 0 Å². The molecule has 0 aliphatic heterocycles. The molecule has 2 rings (SSSR count). The molecule has 0 bridgehead atoms. The van der Waals surface area contributed by atoms with Gasteiger partial charge in [-0.3, -0.25) is 0 Å². The van der Waals surface area contributed by atoms with Gasteiger partial charge in [-0.05, 0) is 30.3 Å². The summed E-state index contributed by atoms with van der Waals surface area (Å²) in [6, 6.07) is 8.53. The van der Waals surface area contributed by atoms with Crippen LogP contribution in [0.15, 0.2) is 42.5 Å². The van der Waals surface area contributed by atoms with Gasteiger partial charge >= 0.3 is 12.1 Å². The van der Waals surface area contributed by atoms with Crippen molar-refractivity contribution in [3.8, 4) is 11.6 Å². The predicted molar refractivity (Wildman–Crippen MR) is 62.7 cm³/mol. The first-order chi connectivity index (χ1) is 9.36. The Kier molecular flexibility index (Phi) is 3.60. The minimum Gasteiger partial charge on any atom is -0.478 e. The predicted octanol–water partition coefficient (Wildman–Crippen LogP) is 3.59. The van der Waals surface area contributed by atoms with E-state index in [1.54, 1.807) is 0 Å². The van der Waals surface area contributed by atoms with Crippen molar-refractivity contribution in [3.05, 3.63) is 53.7 Å². The zero-order valence-corrected chi connectivity index (χ0v) is 9.89. The van der Waals surface area contributed by atoms with Crippen molar-refractivity contribution in [2.75, 3.05) is 0 Å². The summed E-state index contributed by atoms with van der Waals surface area (Å²) in [5.74, 6) is -1.13. The maximum Gasteiger partial charge on any atom is 0.433 e. The number of halogens is 3. The van der Waals surface area contributed by atoms with Crippen molar-refractivity contribution in [2.45, 2.75) is 6.18 Å². The summed E-state index contributed by atoms with van der Waals surface area (Å²) in [7, 11) is 0. The van der Waals surface area contributed by atoms with E-state index in [1.807, 2.05) is 0 Å². The number of hydrogen-bond acceptors (Lipinski definition) is 3. The summed E-state index contributed by atoms with van der Waals surface area (Å²) in [5, 5.41) is 8.71. The van der Waals surface area contributed by atoms with Gasteiger partial charge in [0, 0.05) is 6.07 Å². The van der Waals surface area contributed by atoms with Crippen LogP contribution in [-0.4, -0.2) is 16.1 Å². The zero-order valence-electron chi connectivity index (χ0n) is 9.89. The second-order valence-corrected chi connectivity index (χ2v) is 3.79. The second kappa shape index (κ2) is 5.20. The van der Waals surface area contributed by atoms with Gasteiger partial charge in [-0.2, -0.15) is 13.2 Å². The summed E-state index contributed by atoms with van der Waals surface area (Å²) >= 11 is 0. The van der Waals surface area contributed by atoms with Crippen molar-refractivity contribution in [2.24, 2.45) is 0 Å². The molecule has 2 aromatic rings. The van der Waals surface area contributed by atoms with E-state index in [4.69, 9.17) is 9.84 Å². The number of carboxylic acids is 1. The first kappa shape index (κ1) is 13.9. The number of benzene rings is 1. The largest absolute Gasteiger partial charge is 0.478 e. The van der Waals surface area contributed by atoms with E-state index >= 15 is 0 Å². The number of carboxylic acid groups (broad SMARTS) is 1. The molecule has 0 saturated heterocycles. The fourth-order valence-electron chi connectivity index (χ4n) is 1.42. The van der Waals surface area contributed by atoms with Crippen molar-refractivity contribution >= 4 is 5.97 Å². The Balaban J connectivity index is 2.20. The average Bonchev–Trinajstić information content (AvgIpc) is 2.38. The van der Waals surface area contributed by atoms with Gasteiger partial charge in [0.25, 0.3) is 0 Å². The highest BCUT2D eigenvalue weighted by Crippen LogP contribution is 2.29. The van der Waals surface area contributed by atoms with Gasteiger partial charge in [0.1, 0.15) is 11.4 Å². The molecule has 1 heterocycles. The van der Waals surface area contributed by atoms with Crippen LogP contribution in [0.4, 0.5) is 13.2 Å². The Morgan fingerprint density at radius 1 is 1.10 bits per heavy atom. The molecule has 0 fully saturated rings. The maximum atomic E-state index is 12.5. The minimum absolute atomic E-state index is 0.0503. The molecular weight excluding hydrogens is 275 g/mol. The van der Waals surface area contributed by atoms with Gasteiger partial charge in [0.05, 0.1) is 5.56 Å². The van der Waals surface area contributed by atoms with E-state index in [0.29, 0.717) is 0 Å². The molecule has 1 aromatic carbocycles. The van der Waals surface area contributed by atoms with Gasteiger partial charge in [-0.1, -0.05) is 6.07 Å². The summed E-state index contributed by atoms with van der Waals surface area (Å²) in [6.07, 6.45) is -4.55. The topological polar surface area (TPSA) is 59.4 Å². The number of aromatic nitrogens is 1. The summed E-state index contributed by atoms with van der Waals surface area (Å²) in [5.41, 5.74) is -1.01. The fraction of sp³-hybridized carbons (Fsp3) is 0.0769. The van der Waals surface area contributed by atoms with Gasteiger partial charge < -0.3 is 9.84 Å². The van der Waals surface area contributed by atoms with E-state index in [2.05, 4.69) is 4.98 Å². The molecular formula is C13H8F3NO3. The van der Waals surface area contributed by atoms with Crippen molar-refractivity contribution in [1.82, 2.24) is 4.98 Å². The molecule has 20 heavy (non-hydrogen) atoms. The maximum absolute atomic E-state index is 12.5. The summed E-state index contributed by atoms with van der Waals surface area (Å²) in [4.78, 5) is 14.0. The molecule has 104 valence electrons. The number of hydrogen-bond donors (Lipinski definition) is 1. The molecule has 0 radical (unpaired) electrons. The first-order valence-electron chi connectivity index (χ1n) is 5.42. The van der Waals surface area contributed by atoms with Crippen LogP contribution in [0.5, 0.6) is 11.6 Å². The van der Waals surface area contributed by atoms with Crippen LogP contribution < -0.4 is 4.74 Å². The minimum atomic E-state index is -4.55. The third-order valence-electron chi connectivity index (χ3n) is 2.34. The molecule has 0 spiro atoms. The van der Waals surface area contributed by atoms with Gasteiger partial charge in [0.15, 0.2) is 0 Å². The lowest BCUT2D eigenvalue weighted by Gasteiger charge is -2.08. The number of pyridine rings is 1. The molecule has 1 aromatic heterocycles. The van der Waals surface area contributed by atoms with Crippen molar-refractivity contribution in [1.29, 1.82) is 0 Å². The number of nitrogens with zero attached hydrogens (tertiary/aromatic N) is 1. The number of rotatable bonds is 3. The molecule has 0 aliphatic rings. The van der Waals surface area contributed by atoms with E-state index in [0.717, 1.165) is 6.07 Å². The highest BCUT2D eigenvalue weighted by atomic mass is 19.4. The van der Waals surface area contributed by atoms with Crippen LogP contribution in [0.2, 0.25) is 0 Å². The van der Waals surface area contributed by atoms with Crippen LogP contribution in [0.25, 0.3) is 0 Å². The smallest absolute Gasteiger partial charge is 0.433 e. The normalized spacial score (nSPS) is 11.2. The lowest BCUT2D eigenvalue weighted by Crippen LogP contribution is -2.07. The first-order valence-corrected chi connectivity index (χ1v) is 5.42. The fourth-order valence-corrected chi connectivity index (χ4v) is 1.42. The average molecular weight is 283 g/mol.